The Hall–Kier alpha value is -1.36. The lowest BCUT2D eigenvalue weighted by Gasteiger charge is -2.12. The number of carbonyl (C=O) groups is 1. The average Bonchev–Trinajstić information content (AvgIpc) is 2.82. The first-order valence-corrected chi connectivity index (χ1v) is 7.04. The van der Waals surface area contributed by atoms with Gasteiger partial charge in [-0.15, -0.1) is 11.3 Å². The van der Waals surface area contributed by atoms with Gasteiger partial charge in [0.15, 0.2) is 0 Å². The summed E-state index contributed by atoms with van der Waals surface area (Å²) in [6.45, 7) is 2.11. The molecular weight excluding hydrogens is 282 g/mol. The van der Waals surface area contributed by atoms with Crippen LogP contribution in [0.4, 0.5) is 0 Å². The summed E-state index contributed by atoms with van der Waals surface area (Å²) in [6, 6.07) is 10.6. The number of aliphatic hydroxyl groups is 1. The van der Waals surface area contributed by atoms with Crippen molar-refractivity contribution in [3.8, 4) is 0 Å². The van der Waals surface area contributed by atoms with Crippen molar-refractivity contribution in [1.82, 2.24) is 5.32 Å². The van der Waals surface area contributed by atoms with Gasteiger partial charge in [0.1, 0.15) is 0 Å². The van der Waals surface area contributed by atoms with Gasteiger partial charge in [-0.1, -0.05) is 23.7 Å². The largest absolute Gasteiger partial charge is 0.387 e. The summed E-state index contributed by atoms with van der Waals surface area (Å²) < 4.78 is 0. The van der Waals surface area contributed by atoms with Crippen LogP contribution in [0.2, 0.25) is 5.02 Å². The number of aryl methyl sites for hydroxylation is 1. The van der Waals surface area contributed by atoms with Gasteiger partial charge in [-0.05, 0) is 36.8 Å². The smallest absolute Gasteiger partial charge is 0.261 e. The standard InChI is InChI=1S/C14H14ClNO2S/c1-9-5-6-13(19-9)14(18)16-8-12(17)10-3-2-4-11(15)7-10/h2-7,12,17H,8H2,1H3,(H,16,18)/t12-/m0/s1. The highest BCUT2D eigenvalue weighted by Crippen LogP contribution is 2.18. The molecule has 0 aliphatic heterocycles. The molecule has 0 aliphatic carbocycles. The van der Waals surface area contributed by atoms with E-state index >= 15 is 0 Å². The molecule has 1 atom stereocenters. The number of rotatable bonds is 4. The molecule has 1 amide bonds. The fourth-order valence-corrected chi connectivity index (χ4v) is 2.65. The molecule has 0 fully saturated rings. The summed E-state index contributed by atoms with van der Waals surface area (Å²) in [5.74, 6) is -0.167. The van der Waals surface area contributed by atoms with Crippen LogP contribution in [0.1, 0.15) is 26.2 Å². The summed E-state index contributed by atoms with van der Waals surface area (Å²) >= 11 is 7.28. The molecule has 100 valence electrons. The minimum absolute atomic E-state index is 0.163. The summed E-state index contributed by atoms with van der Waals surface area (Å²) in [7, 11) is 0. The molecule has 0 unspecified atom stereocenters. The lowest BCUT2D eigenvalue weighted by Crippen LogP contribution is -2.27. The van der Waals surface area contributed by atoms with Crippen LogP contribution < -0.4 is 5.32 Å². The normalized spacial score (nSPS) is 12.2. The Labute approximate surface area is 120 Å². The third-order valence-corrected chi connectivity index (χ3v) is 3.89. The fourth-order valence-electron chi connectivity index (χ4n) is 1.66. The van der Waals surface area contributed by atoms with Gasteiger partial charge in [0, 0.05) is 16.4 Å². The zero-order valence-electron chi connectivity index (χ0n) is 10.4. The van der Waals surface area contributed by atoms with Gasteiger partial charge in [0.05, 0.1) is 11.0 Å². The van der Waals surface area contributed by atoms with Crippen molar-refractivity contribution in [3.63, 3.8) is 0 Å². The third-order valence-electron chi connectivity index (χ3n) is 2.65. The number of carbonyl (C=O) groups excluding carboxylic acids is 1. The number of amides is 1. The predicted molar refractivity (Wildman–Crippen MR) is 77.8 cm³/mol. The first kappa shape index (κ1) is 14.1. The van der Waals surface area contributed by atoms with E-state index in [4.69, 9.17) is 11.6 Å². The van der Waals surface area contributed by atoms with E-state index in [1.54, 1.807) is 30.3 Å². The molecule has 0 saturated heterocycles. The Morgan fingerprint density at radius 3 is 2.84 bits per heavy atom. The molecule has 19 heavy (non-hydrogen) atoms. The molecule has 0 radical (unpaired) electrons. The number of hydrogen-bond acceptors (Lipinski definition) is 3. The fraction of sp³-hybridized carbons (Fsp3) is 0.214. The maximum absolute atomic E-state index is 11.8. The molecule has 2 rings (SSSR count). The zero-order chi connectivity index (χ0) is 13.8. The Bertz CT molecular complexity index is 582. The number of thiophene rings is 1. The summed E-state index contributed by atoms with van der Waals surface area (Å²) in [6.07, 6.45) is -0.760. The molecular formula is C14H14ClNO2S. The number of hydrogen-bond donors (Lipinski definition) is 2. The lowest BCUT2D eigenvalue weighted by molar-refractivity contribution is 0.0920. The maximum Gasteiger partial charge on any atom is 0.261 e. The second-order valence-corrected chi connectivity index (χ2v) is 5.92. The monoisotopic (exact) mass is 295 g/mol. The van der Waals surface area contributed by atoms with Crippen LogP contribution >= 0.6 is 22.9 Å². The van der Waals surface area contributed by atoms with Gasteiger partial charge in [-0.3, -0.25) is 4.79 Å². The summed E-state index contributed by atoms with van der Waals surface area (Å²) in [4.78, 5) is 13.6. The van der Waals surface area contributed by atoms with E-state index in [0.29, 0.717) is 15.5 Å². The average molecular weight is 296 g/mol. The number of halogens is 1. The topological polar surface area (TPSA) is 49.3 Å². The van der Waals surface area contributed by atoms with Crippen molar-refractivity contribution in [2.75, 3.05) is 6.54 Å². The van der Waals surface area contributed by atoms with Crippen molar-refractivity contribution in [2.45, 2.75) is 13.0 Å². The van der Waals surface area contributed by atoms with Gasteiger partial charge < -0.3 is 10.4 Å². The van der Waals surface area contributed by atoms with Gasteiger partial charge in [0.2, 0.25) is 0 Å². The molecule has 0 bridgehead atoms. The van der Waals surface area contributed by atoms with E-state index in [2.05, 4.69) is 5.32 Å². The van der Waals surface area contributed by atoms with E-state index < -0.39 is 6.10 Å². The predicted octanol–water partition coefficient (Wildman–Crippen LogP) is 3.17. The molecule has 1 aromatic carbocycles. The second-order valence-electron chi connectivity index (χ2n) is 4.19. The first-order valence-electron chi connectivity index (χ1n) is 5.84. The van der Waals surface area contributed by atoms with Crippen LogP contribution in [0, 0.1) is 6.92 Å². The van der Waals surface area contributed by atoms with Crippen molar-refractivity contribution < 1.29 is 9.90 Å². The Kier molecular flexibility index (Phi) is 4.58. The van der Waals surface area contributed by atoms with Crippen molar-refractivity contribution >= 4 is 28.8 Å². The molecule has 0 saturated carbocycles. The molecule has 2 aromatic rings. The van der Waals surface area contributed by atoms with E-state index in [9.17, 15) is 9.90 Å². The molecule has 2 N–H and O–H groups in total. The van der Waals surface area contributed by atoms with Crippen LogP contribution in [0.5, 0.6) is 0 Å². The molecule has 0 spiro atoms. The van der Waals surface area contributed by atoms with E-state index in [0.717, 1.165) is 4.88 Å². The summed E-state index contributed by atoms with van der Waals surface area (Å²) in [5.41, 5.74) is 0.690. The molecule has 1 aromatic heterocycles. The van der Waals surface area contributed by atoms with Crippen LogP contribution in [0.3, 0.4) is 0 Å². The van der Waals surface area contributed by atoms with Gasteiger partial charge in [-0.2, -0.15) is 0 Å². The maximum atomic E-state index is 11.8. The number of benzene rings is 1. The zero-order valence-corrected chi connectivity index (χ0v) is 12.0. The SMILES string of the molecule is Cc1ccc(C(=O)NC[C@H](O)c2cccc(Cl)c2)s1. The molecule has 1 heterocycles. The minimum atomic E-state index is -0.760. The van der Waals surface area contributed by atoms with E-state index in [-0.39, 0.29) is 12.5 Å². The lowest BCUT2D eigenvalue weighted by atomic mass is 10.1. The highest BCUT2D eigenvalue weighted by molar-refractivity contribution is 7.13. The van der Waals surface area contributed by atoms with Crippen molar-refractivity contribution in [2.24, 2.45) is 0 Å². The van der Waals surface area contributed by atoms with Crippen LogP contribution in [-0.4, -0.2) is 17.6 Å². The summed E-state index contributed by atoms with van der Waals surface area (Å²) in [5, 5.41) is 13.3. The van der Waals surface area contributed by atoms with Gasteiger partial charge in [-0.25, -0.2) is 0 Å². The van der Waals surface area contributed by atoms with Crippen molar-refractivity contribution in [3.05, 3.63) is 56.7 Å². The Balaban J connectivity index is 1.93. The second kappa shape index (κ2) is 6.19. The highest BCUT2D eigenvalue weighted by atomic mass is 35.5. The highest BCUT2D eigenvalue weighted by Gasteiger charge is 2.12. The van der Waals surface area contributed by atoms with Gasteiger partial charge >= 0.3 is 0 Å². The van der Waals surface area contributed by atoms with E-state index in [1.807, 2.05) is 13.0 Å². The number of aliphatic hydroxyl groups excluding tert-OH is 1. The molecule has 3 nitrogen and oxygen atoms in total. The number of nitrogens with one attached hydrogen (secondary N) is 1. The molecule has 5 heteroatoms. The van der Waals surface area contributed by atoms with Crippen molar-refractivity contribution in [1.29, 1.82) is 0 Å². The first-order chi connectivity index (χ1) is 9.06. The van der Waals surface area contributed by atoms with Crippen LogP contribution in [0.25, 0.3) is 0 Å². The Morgan fingerprint density at radius 1 is 1.42 bits per heavy atom. The molecule has 0 aliphatic rings. The van der Waals surface area contributed by atoms with Crippen LogP contribution in [0.15, 0.2) is 36.4 Å². The van der Waals surface area contributed by atoms with E-state index in [1.165, 1.54) is 11.3 Å². The van der Waals surface area contributed by atoms with Crippen LogP contribution in [-0.2, 0) is 0 Å². The third kappa shape index (κ3) is 3.80. The minimum Gasteiger partial charge on any atom is -0.387 e. The van der Waals surface area contributed by atoms with Gasteiger partial charge in [0.25, 0.3) is 5.91 Å². The Morgan fingerprint density at radius 2 is 2.21 bits per heavy atom. The quantitative estimate of drug-likeness (QED) is 0.910.